The number of nitrogens with one attached hydrogen (secondary N) is 3. The fraction of sp³-hybridized carbons (Fsp3) is 0.919. The van der Waals surface area contributed by atoms with E-state index in [1.165, 1.54) is 0 Å². The second-order valence-corrected chi connectivity index (χ2v) is 28.6. The average molecular weight is 1310 g/mol. The Morgan fingerprint density at radius 2 is 0.707 bits per heavy atom. The van der Waals surface area contributed by atoms with Gasteiger partial charge in [-0.1, -0.05) is 96.4 Å². The molecule has 3 aliphatic heterocycles. The molecule has 536 valence electrons. The Hall–Kier alpha value is -2.78. The van der Waals surface area contributed by atoms with E-state index < -0.39 is 5.54 Å². The van der Waals surface area contributed by atoms with Gasteiger partial charge in [0.25, 0.3) is 0 Å². The molecule has 3 heterocycles. The predicted octanol–water partition coefficient (Wildman–Crippen LogP) is 13.3. The van der Waals surface area contributed by atoms with Gasteiger partial charge in [0.1, 0.15) is 23.1 Å². The van der Waals surface area contributed by atoms with Crippen LogP contribution in [-0.2, 0) is 71.4 Å². The van der Waals surface area contributed by atoms with E-state index in [9.17, 15) is 28.8 Å². The summed E-state index contributed by atoms with van der Waals surface area (Å²) in [7, 11) is 0. The van der Waals surface area contributed by atoms with Crippen molar-refractivity contribution in [3.05, 3.63) is 0 Å². The molecule has 16 atom stereocenters. The van der Waals surface area contributed by atoms with Crippen LogP contribution in [0.5, 0.6) is 0 Å². The molecular weight excluding hydrogens is 1170 g/mol. The first-order valence-electron chi connectivity index (χ1n) is 36.9. The lowest BCUT2D eigenvalue weighted by molar-refractivity contribution is -0.248. The van der Waals surface area contributed by atoms with Crippen molar-refractivity contribution in [2.24, 2.45) is 59.2 Å². The summed E-state index contributed by atoms with van der Waals surface area (Å²) in [6.07, 6.45) is 15.7. The molecule has 3 saturated heterocycles. The Morgan fingerprint density at radius 3 is 1.11 bits per heavy atom. The molecule has 0 aliphatic carbocycles. The maximum absolute atomic E-state index is 13.0. The Balaban J connectivity index is 1.38. The SMILES string of the molecule is CCC1O[C@H](OCCCCC(=O)CCCCCC(=O)CCOCC(COCCC(=O)CCCCNC(=O)CCCCO[C@H]2OC(C)[C@@H](C)[C@@H](C)C2C)(COCCC(=O)NCCCCC(=O)CCCCO[C@H]2OC(CC)[C@@H](C)[C@@H](C)C2C)NCC(C)C)C(C)[C@H](C)[C@@H]1C. The number of carbonyl (C=O) groups is 6. The van der Waals surface area contributed by atoms with Crippen LogP contribution in [0, 0.1) is 59.2 Å². The summed E-state index contributed by atoms with van der Waals surface area (Å²) in [4.78, 5) is 76.8. The summed E-state index contributed by atoms with van der Waals surface area (Å²) in [5.41, 5.74) is -0.827. The van der Waals surface area contributed by atoms with Gasteiger partial charge in [-0.2, -0.15) is 0 Å². The number of hydrogen-bond acceptors (Lipinski definition) is 16. The molecule has 0 aromatic heterocycles. The highest BCUT2D eigenvalue weighted by Gasteiger charge is 2.41. The Kier molecular flexibility index (Phi) is 43.6. The third kappa shape index (κ3) is 33.5. The summed E-state index contributed by atoms with van der Waals surface area (Å²) in [6, 6.07) is 0. The third-order valence-electron chi connectivity index (χ3n) is 20.7. The van der Waals surface area contributed by atoms with Gasteiger partial charge in [0.05, 0.1) is 63.5 Å². The van der Waals surface area contributed by atoms with Gasteiger partial charge in [-0.25, -0.2) is 0 Å². The normalized spacial score (nSPS) is 27.4. The monoisotopic (exact) mass is 1310 g/mol. The van der Waals surface area contributed by atoms with E-state index in [1.54, 1.807) is 0 Å². The van der Waals surface area contributed by atoms with Gasteiger partial charge in [-0.3, -0.25) is 28.8 Å². The van der Waals surface area contributed by atoms with Crippen LogP contribution in [0.1, 0.15) is 257 Å². The second-order valence-electron chi connectivity index (χ2n) is 28.6. The zero-order valence-corrected chi connectivity index (χ0v) is 60.5. The van der Waals surface area contributed by atoms with Crippen LogP contribution in [-0.4, -0.2) is 157 Å². The fourth-order valence-electron chi connectivity index (χ4n) is 12.8. The van der Waals surface area contributed by atoms with E-state index in [2.05, 4.69) is 113 Å². The van der Waals surface area contributed by atoms with E-state index >= 15 is 0 Å². The van der Waals surface area contributed by atoms with Crippen LogP contribution in [0.15, 0.2) is 0 Å². The number of Topliss-reactive ketones (excluding diaryl/α,β-unsaturated/α-hetero) is 4. The first-order valence-corrected chi connectivity index (χ1v) is 36.9. The molecule has 2 amide bonds. The zero-order chi connectivity index (χ0) is 67.8. The van der Waals surface area contributed by atoms with Crippen molar-refractivity contribution in [3.63, 3.8) is 0 Å². The van der Waals surface area contributed by atoms with Crippen molar-refractivity contribution < 1.29 is 71.4 Å². The molecule has 3 N–H and O–H groups in total. The average Bonchev–Trinajstić information content (AvgIpc) is 0.899. The highest BCUT2D eigenvalue weighted by molar-refractivity contribution is 5.80. The number of hydrogen-bond donors (Lipinski definition) is 3. The molecular formula is C74H135N3O15. The zero-order valence-electron chi connectivity index (χ0n) is 60.5. The first kappa shape index (κ1) is 83.4. The molecule has 7 unspecified atom stereocenters. The summed E-state index contributed by atoms with van der Waals surface area (Å²) < 4.78 is 55.6. The van der Waals surface area contributed by atoms with E-state index in [0.717, 1.165) is 70.6 Å². The van der Waals surface area contributed by atoms with Crippen LogP contribution in [0.25, 0.3) is 0 Å². The minimum absolute atomic E-state index is 0.00542. The number of rotatable bonds is 54. The van der Waals surface area contributed by atoms with Gasteiger partial charge in [0, 0.05) is 115 Å². The molecule has 3 rings (SSSR count). The quantitative estimate of drug-likeness (QED) is 0.0482. The van der Waals surface area contributed by atoms with Crippen molar-refractivity contribution in [2.45, 2.75) is 300 Å². The van der Waals surface area contributed by atoms with Crippen molar-refractivity contribution in [1.82, 2.24) is 16.0 Å². The first-order chi connectivity index (χ1) is 44.0. The van der Waals surface area contributed by atoms with E-state index in [4.69, 9.17) is 42.6 Å². The van der Waals surface area contributed by atoms with Crippen molar-refractivity contribution in [1.29, 1.82) is 0 Å². The van der Waals surface area contributed by atoms with Gasteiger partial charge < -0.3 is 58.6 Å². The van der Waals surface area contributed by atoms with Gasteiger partial charge in [0.2, 0.25) is 11.8 Å². The minimum Gasteiger partial charge on any atom is -0.379 e. The number of ketones is 4. The number of carbonyl (C=O) groups excluding carboxylic acids is 6. The molecule has 0 aromatic rings. The van der Waals surface area contributed by atoms with Crippen LogP contribution >= 0.6 is 0 Å². The van der Waals surface area contributed by atoms with Gasteiger partial charge in [-0.15, -0.1) is 0 Å². The van der Waals surface area contributed by atoms with Crippen LogP contribution in [0.2, 0.25) is 0 Å². The molecule has 0 radical (unpaired) electrons. The Bertz CT molecular complexity index is 1940. The third-order valence-corrected chi connectivity index (χ3v) is 20.7. The lowest BCUT2D eigenvalue weighted by Gasteiger charge is -2.43. The highest BCUT2D eigenvalue weighted by atomic mass is 16.7. The molecule has 18 nitrogen and oxygen atoms in total. The van der Waals surface area contributed by atoms with Crippen molar-refractivity contribution in [3.8, 4) is 0 Å². The topological polar surface area (TPSA) is 222 Å². The lowest BCUT2D eigenvalue weighted by atomic mass is 9.78. The van der Waals surface area contributed by atoms with Gasteiger partial charge in [0.15, 0.2) is 18.9 Å². The molecule has 92 heavy (non-hydrogen) atoms. The highest BCUT2D eigenvalue weighted by Crippen LogP contribution is 2.39. The van der Waals surface area contributed by atoms with Crippen LogP contribution in [0.3, 0.4) is 0 Å². The van der Waals surface area contributed by atoms with E-state index in [-0.39, 0.29) is 137 Å². The van der Waals surface area contributed by atoms with Crippen LogP contribution < -0.4 is 16.0 Å². The largest absolute Gasteiger partial charge is 0.379 e. The van der Waals surface area contributed by atoms with Gasteiger partial charge >= 0.3 is 0 Å². The molecule has 0 saturated carbocycles. The molecule has 0 aromatic carbocycles. The minimum atomic E-state index is -0.827. The summed E-state index contributed by atoms with van der Waals surface area (Å²) in [5.74, 6) is 4.90. The molecule has 18 heteroatoms. The summed E-state index contributed by atoms with van der Waals surface area (Å²) in [6.45, 7) is 35.3. The van der Waals surface area contributed by atoms with Crippen molar-refractivity contribution in [2.75, 3.05) is 79.1 Å². The Labute approximate surface area is 558 Å². The van der Waals surface area contributed by atoms with Crippen molar-refractivity contribution >= 4 is 34.9 Å². The Morgan fingerprint density at radius 1 is 0.370 bits per heavy atom. The number of ether oxygens (including phenoxy) is 9. The number of amides is 2. The summed E-state index contributed by atoms with van der Waals surface area (Å²) >= 11 is 0. The maximum atomic E-state index is 13.0. The standard InChI is InChI=1S/C74H135N3O15/c1-15-67-57(9)54(6)60(12)72(91-67)88-42-27-22-34-63(78)30-18-17-19-31-65(80)37-45-84-49-74(77-48-52(3)4,50-85-46-38-66(81)33-21-26-40-75-69(82)36-24-29-44-87-71-59(11)53(5)56(8)62(14)90-71)51-86-47-39-70(83)76-41-25-20-32-64(79)35-23-28-43-89-73-61(13)55(7)58(10)68(16-2)92-73/h52-62,67-68,71-73,77H,15-51H2,1-14H3,(H,75,82)(H,76,83)/t53-,54-,55-,56+,57+,58+,59?,60?,61?,62?,67?,68?,71+,72+,73+,74?/m1/s1. The maximum Gasteiger partial charge on any atom is 0.222 e. The van der Waals surface area contributed by atoms with E-state index in [0.29, 0.717) is 163 Å². The van der Waals surface area contributed by atoms with Gasteiger partial charge in [-0.05, 0) is 145 Å². The molecule has 3 fully saturated rings. The second kappa shape index (κ2) is 48.0. The number of unbranched alkanes of at least 4 members (excludes halogenated alkanes) is 7. The van der Waals surface area contributed by atoms with Crippen LogP contribution in [0.4, 0.5) is 0 Å². The smallest absolute Gasteiger partial charge is 0.222 e. The summed E-state index contributed by atoms with van der Waals surface area (Å²) in [5, 5.41) is 9.58. The fourth-order valence-corrected chi connectivity index (χ4v) is 12.8. The molecule has 0 spiro atoms. The molecule has 0 bridgehead atoms. The lowest BCUT2D eigenvalue weighted by Crippen LogP contribution is -2.57. The predicted molar refractivity (Wildman–Crippen MR) is 363 cm³/mol. The van der Waals surface area contributed by atoms with E-state index in [1.807, 2.05) is 0 Å². The molecule has 3 aliphatic rings.